The van der Waals surface area contributed by atoms with Gasteiger partial charge in [0.25, 0.3) is 35.4 Å². The van der Waals surface area contributed by atoms with Gasteiger partial charge in [0.2, 0.25) is 11.8 Å². The minimum Gasteiger partial charge on any atom is -0.378 e. The third kappa shape index (κ3) is 14.6. The quantitative estimate of drug-likeness (QED) is 0.0633. The van der Waals surface area contributed by atoms with E-state index in [1.807, 2.05) is 0 Å². The molecule has 0 aromatic carbocycles. The van der Waals surface area contributed by atoms with Gasteiger partial charge in [0, 0.05) is 94.9 Å². The lowest BCUT2D eigenvalue weighted by Crippen LogP contribution is -2.61. The number of halogens is 3. The predicted molar refractivity (Wildman–Crippen MR) is 181 cm³/mol. The van der Waals surface area contributed by atoms with Gasteiger partial charge in [-0.15, -0.1) is 0 Å². The van der Waals surface area contributed by atoms with Crippen LogP contribution in [0.1, 0.15) is 32.1 Å². The molecular weight excluding hydrogens is 757 g/mol. The van der Waals surface area contributed by atoms with Crippen LogP contribution in [0.3, 0.4) is 0 Å². The fraction of sp³-hybridized carbons (Fsp3) is 0.529. The Labute approximate surface area is 317 Å². The first-order chi connectivity index (χ1) is 26.5. The fourth-order valence-corrected chi connectivity index (χ4v) is 5.17. The Hall–Kier alpha value is -5.61. The molecule has 306 valence electrons. The molecule has 56 heavy (non-hydrogen) atoms. The Morgan fingerprint density at radius 3 is 1.27 bits per heavy atom. The third-order valence-electron chi connectivity index (χ3n) is 8.10. The molecule has 0 radical (unpaired) electrons. The molecule has 0 aromatic rings. The lowest BCUT2D eigenvalue weighted by molar-refractivity contribution is -0.178. The second kappa shape index (κ2) is 21.5. The van der Waals surface area contributed by atoms with Gasteiger partial charge in [0.05, 0.1) is 39.6 Å². The highest BCUT2D eigenvalue weighted by molar-refractivity contribution is 6.14. The molecule has 3 heterocycles. The Bertz CT molecular complexity index is 1430. The van der Waals surface area contributed by atoms with Crippen molar-refractivity contribution in [1.29, 1.82) is 0 Å². The van der Waals surface area contributed by atoms with E-state index in [1.54, 1.807) is 5.32 Å². The average Bonchev–Trinajstić information content (AvgIpc) is 3.76. The van der Waals surface area contributed by atoms with Crippen molar-refractivity contribution in [2.45, 2.75) is 43.8 Å². The Morgan fingerprint density at radius 2 is 0.893 bits per heavy atom. The number of Topliss-reactive ketones (excluding diaryl/α,β-unsaturated/α-hetero) is 1. The molecule has 0 aliphatic carbocycles. The van der Waals surface area contributed by atoms with E-state index < -0.39 is 84.7 Å². The highest BCUT2D eigenvalue weighted by atomic mass is 19.4. The van der Waals surface area contributed by atoms with Crippen molar-refractivity contribution in [1.82, 2.24) is 30.7 Å². The zero-order chi connectivity index (χ0) is 41.3. The molecule has 3 aliphatic heterocycles. The smallest absolute Gasteiger partial charge is 0.378 e. The van der Waals surface area contributed by atoms with Crippen LogP contribution < -0.4 is 16.0 Å². The average molecular weight is 799 g/mol. The first-order valence-electron chi connectivity index (χ1n) is 17.3. The standard InChI is InChI=1S/C34H41F3N6O13/c35-34(36,37)32(53)40-33(20-54-17-9-23(44)2-1-14-41-26(47)3-4-27(41)48,21-55-18-10-24(45)38-12-15-42-28(49)5-6-29(42)50)22-56-19-11-25(46)39-13-16-43-30(51)7-8-31(43)52/h3-8H,1-2,9-22H2,(H,38,45)(H,39,46)(H,40,53). The molecule has 3 rings (SSSR count). The minimum atomic E-state index is -5.37. The molecular formula is C34H41F3N6O13. The van der Waals surface area contributed by atoms with Crippen LogP contribution >= 0.6 is 0 Å². The molecule has 0 aromatic heterocycles. The molecule has 0 fully saturated rings. The van der Waals surface area contributed by atoms with Crippen molar-refractivity contribution in [3.05, 3.63) is 36.5 Å². The molecule has 9 amide bonds. The van der Waals surface area contributed by atoms with Gasteiger partial charge in [-0.2, -0.15) is 13.2 Å². The van der Waals surface area contributed by atoms with E-state index in [9.17, 15) is 61.1 Å². The maximum atomic E-state index is 13.5. The second-order valence-electron chi connectivity index (χ2n) is 12.5. The number of nitrogens with one attached hydrogen (secondary N) is 3. The summed E-state index contributed by atoms with van der Waals surface area (Å²) < 4.78 is 56.9. The van der Waals surface area contributed by atoms with Gasteiger partial charge in [0.15, 0.2) is 0 Å². The van der Waals surface area contributed by atoms with Crippen molar-refractivity contribution in [2.24, 2.45) is 0 Å². The number of ether oxygens (including phenoxy) is 3. The first-order valence-corrected chi connectivity index (χ1v) is 17.3. The van der Waals surface area contributed by atoms with E-state index in [1.165, 1.54) is 0 Å². The molecule has 3 aliphatic rings. The third-order valence-corrected chi connectivity index (χ3v) is 8.10. The van der Waals surface area contributed by atoms with Crippen LogP contribution in [0.15, 0.2) is 36.5 Å². The number of nitrogens with zero attached hydrogens (tertiary/aromatic N) is 3. The number of ketones is 1. The van der Waals surface area contributed by atoms with Crippen molar-refractivity contribution in [3.63, 3.8) is 0 Å². The van der Waals surface area contributed by atoms with Crippen LogP contribution in [0.25, 0.3) is 0 Å². The summed E-state index contributed by atoms with van der Waals surface area (Å²) in [5.41, 5.74) is -2.07. The Kier molecular flexibility index (Phi) is 17.2. The summed E-state index contributed by atoms with van der Waals surface area (Å²) in [7, 11) is 0. The number of imide groups is 3. The summed E-state index contributed by atoms with van der Waals surface area (Å²) in [4.78, 5) is 122. The number of alkyl halides is 3. The topological polar surface area (TPSA) is 244 Å². The van der Waals surface area contributed by atoms with E-state index in [4.69, 9.17) is 14.2 Å². The lowest BCUT2D eigenvalue weighted by atomic mass is 10.0. The SMILES string of the molecule is O=C(CCCN1C(=O)C=CC1=O)CCOCC(COCCC(=O)NCCN1C(=O)C=CC1=O)(COCCC(=O)NCCN1C(=O)C=CC1=O)NC(=O)C(F)(F)F. The molecule has 0 bridgehead atoms. The van der Waals surface area contributed by atoms with Crippen molar-refractivity contribution >= 4 is 58.9 Å². The van der Waals surface area contributed by atoms with Crippen molar-refractivity contribution in [3.8, 4) is 0 Å². The van der Waals surface area contributed by atoms with Crippen LogP contribution in [-0.2, 0) is 62.2 Å². The van der Waals surface area contributed by atoms with Gasteiger partial charge in [-0.3, -0.25) is 62.6 Å². The maximum Gasteiger partial charge on any atom is 0.471 e. The maximum absolute atomic E-state index is 13.5. The van der Waals surface area contributed by atoms with Crippen LogP contribution in [0.4, 0.5) is 13.2 Å². The largest absolute Gasteiger partial charge is 0.471 e. The molecule has 0 unspecified atom stereocenters. The molecule has 0 saturated heterocycles. The summed E-state index contributed by atoms with van der Waals surface area (Å²) in [6, 6.07) is 0. The highest BCUT2D eigenvalue weighted by Gasteiger charge is 2.45. The summed E-state index contributed by atoms with van der Waals surface area (Å²) in [5, 5.41) is 6.74. The fourth-order valence-electron chi connectivity index (χ4n) is 5.17. The minimum absolute atomic E-state index is 0.000873. The number of hydrogen-bond acceptors (Lipinski definition) is 13. The van der Waals surface area contributed by atoms with Gasteiger partial charge in [-0.1, -0.05) is 0 Å². The van der Waals surface area contributed by atoms with Crippen molar-refractivity contribution < 1.29 is 75.3 Å². The highest BCUT2D eigenvalue weighted by Crippen LogP contribution is 2.19. The number of hydrogen-bond donors (Lipinski definition) is 3. The van der Waals surface area contributed by atoms with Gasteiger partial charge in [-0.05, 0) is 6.42 Å². The molecule has 0 saturated carbocycles. The number of rotatable bonds is 26. The Balaban J connectivity index is 1.55. The zero-order valence-corrected chi connectivity index (χ0v) is 30.1. The summed E-state index contributed by atoms with van der Waals surface area (Å²) in [6.07, 6.45) is 0.386. The molecule has 3 N–H and O–H groups in total. The zero-order valence-electron chi connectivity index (χ0n) is 30.1. The van der Waals surface area contributed by atoms with Gasteiger partial charge in [0.1, 0.15) is 11.3 Å². The summed E-state index contributed by atoms with van der Waals surface area (Å²) >= 11 is 0. The van der Waals surface area contributed by atoms with Gasteiger partial charge >= 0.3 is 12.1 Å². The molecule has 19 nitrogen and oxygen atoms in total. The molecule has 0 spiro atoms. The summed E-state index contributed by atoms with van der Waals surface area (Å²) in [5.74, 6) is -7.13. The van der Waals surface area contributed by atoms with Gasteiger partial charge < -0.3 is 30.2 Å². The van der Waals surface area contributed by atoms with Crippen LogP contribution in [0.2, 0.25) is 0 Å². The first kappa shape index (κ1) is 44.8. The van der Waals surface area contributed by atoms with Gasteiger partial charge in [-0.25, -0.2) is 0 Å². The van der Waals surface area contributed by atoms with E-state index in [0.29, 0.717) is 0 Å². The molecule has 0 atom stereocenters. The van der Waals surface area contributed by atoms with E-state index >= 15 is 0 Å². The Morgan fingerprint density at radius 1 is 0.536 bits per heavy atom. The van der Waals surface area contributed by atoms with E-state index in [2.05, 4.69) is 10.6 Å². The van der Waals surface area contributed by atoms with E-state index in [0.717, 1.165) is 51.2 Å². The lowest BCUT2D eigenvalue weighted by Gasteiger charge is -2.34. The monoisotopic (exact) mass is 798 g/mol. The number of carbonyl (C=O) groups excluding carboxylic acids is 10. The van der Waals surface area contributed by atoms with Crippen LogP contribution in [-0.4, -0.2) is 158 Å². The number of carbonyl (C=O) groups is 10. The normalized spacial score (nSPS) is 15.5. The predicted octanol–water partition coefficient (Wildman–Crippen LogP) is -2.02. The van der Waals surface area contributed by atoms with Crippen LogP contribution in [0, 0.1) is 0 Å². The second-order valence-corrected chi connectivity index (χ2v) is 12.5. The molecule has 22 heteroatoms. The van der Waals surface area contributed by atoms with E-state index in [-0.39, 0.29) is 90.4 Å². The van der Waals surface area contributed by atoms with Crippen molar-refractivity contribution in [2.75, 3.05) is 72.4 Å². The number of amides is 9. The van der Waals surface area contributed by atoms with Crippen LogP contribution in [0.5, 0.6) is 0 Å². The summed E-state index contributed by atoms with van der Waals surface area (Å²) in [6.45, 7) is -3.59.